The fourth-order valence-corrected chi connectivity index (χ4v) is 1.58. The van der Waals surface area contributed by atoms with Crippen molar-refractivity contribution in [3.05, 3.63) is 30.1 Å². The molecule has 1 amide bonds. The summed E-state index contributed by atoms with van der Waals surface area (Å²) in [5, 5.41) is 11.6. The highest BCUT2D eigenvalue weighted by molar-refractivity contribution is 5.79. The zero-order valence-electron chi connectivity index (χ0n) is 10.6. The van der Waals surface area contributed by atoms with Crippen LogP contribution < -0.4 is 5.32 Å². The van der Waals surface area contributed by atoms with Gasteiger partial charge in [-0.25, -0.2) is 0 Å². The molecular formula is C13H18N2O3. The van der Waals surface area contributed by atoms with Crippen molar-refractivity contribution >= 4 is 11.9 Å². The number of nitrogens with one attached hydrogen (secondary N) is 1. The smallest absolute Gasteiger partial charge is 0.308 e. The van der Waals surface area contributed by atoms with Crippen LogP contribution in [0.2, 0.25) is 0 Å². The Labute approximate surface area is 106 Å². The summed E-state index contributed by atoms with van der Waals surface area (Å²) in [4.78, 5) is 26.5. The lowest BCUT2D eigenvalue weighted by Gasteiger charge is -2.16. The second-order valence-electron chi connectivity index (χ2n) is 4.53. The molecule has 18 heavy (non-hydrogen) atoms. The molecule has 1 unspecified atom stereocenters. The maximum absolute atomic E-state index is 11.6. The summed E-state index contributed by atoms with van der Waals surface area (Å²) >= 11 is 0. The number of hydrogen-bond donors (Lipinski definition) is 2. The zero-order valence-corrected chi connectivity index (χ0v) is 10.6. The summed E-state index contributed by atoms with van der Waals surface area (Å²) in [6, 6.07) is 3.52. The average Bonchev–Trinajstić information content (AvgIpc) is 2.29. The Morgan fingerprint density at radius 1 is 1.33 bits per heavy atom. The van der Waals surface area contributed by atoms with Gasteiger partial charge in [-0.15, -0.1) is 0 Å². The van der Waals surface area contributed by atoms with Crippen molar-refractivity contribution < 1.29 is 14.7 Å². The number of hydrogen-bond acceptors (Lipinski definition) is 3. The first-order chi connectivity index (χ1) is 8.50. The van der Waals surface area contributed by atoms with Crippen molar-refractivity contribution in [1.82, 2.24) is 10.3 Å². The highest BCUT2D eigenvalue weighted by Crippen LogP contribution is 2.09. The Hall–Kier alpha value is -1.91. The monoisotopic (exact) mass is 250 g/mol. The lowest BCUT2D eigenvalue weighted by atomic mass is 9.96. The van der Waals surface area contributed by atoms with Gasteiger partial charge in [-0.3, -0.25) is 14.6 Å². The summed E-state index contributed by atoms with van der Waals surface area (Å²) < 4.78 is 0. The molecule has 0 saturated heterocycles. The molecule has 0 bridgehead atoms. The Bertz CT molecular complexity index is 404. The Morgan fingerprint density at radius 3 is 2.44 bits per heavy atom. The van der Waals surface area contributed by atoms with Crippen molar-refractivity contribution in [1.29, 1.82) is 0 Å². The SMILES string of the molecule is CC(C)C(CNC(=O)Cc1ccncc1)C(=O)O. The Balaban J connectivity index is 2.44. The summed E-state index contributed by atoms with van der Waals surface area (Å²) in [6.45, 7) is 3.82. The molecule has 1 atom stereocenters. The molecule has 0 fully saturated rings. The lowest BCUT2D eigenvalue weighted by molar-refractivity contribution is -0.143. The molecule has 0 aliphatic heterocycles. The molecule has 1 aromatic rings. The van der Waals surface area contributed by atoms with Gasteiger partial charge < -0.3 is 10.4 Å². The summed E-state index contributed by atoms with van der Waals surface area (Å²) in [6.07, 6.45) is 3.49. The predicted octanol–water partition coefficient (Wildman–Crippen LogP) is 1.10. The third kappa shape index (κ3) is 4.53. The summed E-state index contributed by atoms with van der Waals surface area (Å²) in [5.74, 6) is -1.61. The van der Waals surface area contributed by atoms with E-state index in [1.807, 2.05) is 13.8 Å². The van der Waals surface area contributed by atoms with Gasteiger partial charge >= 0.3 is 5.97 Å². The Kier molecular flexibility index (Phi) is 5.30. The van der Waals surface area contributed by atoms with E-state index in [2.05, 4.69) is 10.3 Å². The second kappa shape index (κ2) is 6.74. The average molecular weight is 250 g/mol. The molecule has 1 aromatic heterocycles. The number of pyridine rings is 1. The fraction of sp³-hybridized carbons (Fsp3) is 0.462. The topological polar surface area (TPSA) is 79.3 Å². The molecule has 0 saturated carbocycles. The van der Waals surface area contributed by atoms with Gasteiger partial charge in [0.2, 0.25) is 5.91 Å². The normalized spacial score (nSPS) is 12.2. The largest absolute Gasteiger partial charge is 0.481 e. The van der Waals surface area contributed by atoms with Crippen molar-refractivity contribution in [3.8, 4) is 0 Å². The molecule has 2 N–H and O–H groups in total. The molecule has 0 aromatic carbocycles. The summed E-state index contributed by atoms with van der Waals surface area (Å²) in [5.41, 5.74) is 0.860. The maximum atomic E-state index is 11.6. The molecule has 5 heteroatoms. The maximum Gasteiger partial charge on any atom is 0.308 e. The van der Waals surface area contributed by atoms with E-state index < -0.39 is 11.9 Å². The first kappa shape index (κ1) is 14.2. The number of carboxylic acids is 1. The number of rotatable bonds is 6. The standard InChI is InChI=1S/C13H18N2O3/c1-9(2)11(13(17)18)8-15-12(16)7-10-3-5-14-6-4-10/h3-6,9,11H,7-8H2,1-2H3,(H,15,16)(H,17,18). The van der Waals surface area contributed by atoms with Gasteiger partial charge in [0.25, 0.3) is 0 Å². The first-order valence-electron chi connectivity index (χ1n) is 5.89. The molecule has 0 spiro atoms. The number of carboxylic acid groups (broad SMARTS) is 1. The minimum Gasteiger partial charge on any atom is -0.481 e. The van der Waals surface area contributed by atoms with Crippen molar-refractivity contribution in [2.24, 2.45) is 11.8 Å². The van der Waals surface area contributed by atoms with E-state index in [1.54, 1.807) is 24.5 Å². The van der Waals surface area contributed by atoms with Crippen LogP contribution in [-0.2, 0) is 16.0 Å². The highest BCUT2D eigenvalue weighted by atomic mass is 16.4. The minimum absolute atomic E-state index is 0.0104. The van der Waals surface area contributed by atoms with Crippen molar-refractivity contribution in [2.75, 3.05) is 6.54 Å². The molecule has 0 radical (unpaired) electrons. The van der Waals surface area contributed by atoms with Gasteiger partial charge in [0.15, 0.2) is 0 Å². The van der Waals surface area contributed by atoms with Gasteiger partial charge in [0.1, 0.15) is 0 Å². The van der Waals surface area contributed by atoms with E-state index in [-0.39, 0.29) is 24.8 Å². The molecule has 1 heterocycles. The quantitative estimate of drug-likeness (QED) is 0.792. The number of aliphatic carboxylic acids is 1. The molecule has 0 aliphatic rings. The Morgan fingerprint density at radius 2 is 1.94 bits per heavy atom. The fourth-order valence-electron chi connectivity index (χ4n) is 1.58. The number of carbonyl (C=O) groups excluding carboxylic acids is 1. The van der Waals surface area contributed by atoms with Gasteiger partial charge in [-0.05, 0) is 23.6 Å². The van der Waals surface area contributed by atoms with E-state index in [4.69, 9.17) is 5.11 Å². The summed E-state index contributed by atoms with van der Waals surface area (Å²) in [7, 11) is 0. The van der Waals surface area contributed by atoms with Crippen LogP contribution >= 0.6 is 0 Å². The van der Waals surface area contributed by atoms with E-state index >= 15 is 0 Å². The van der Waals surface area contributed by atoms with Crippen LogP contribution in [-0.4, -0.2) is 28.5 Å². The second-order valence-corrected chi connectivity index (χ2v) is 4.53. The van der Waals surface area contributed by atoms with Crippen LogP contribution in [0.4, 0.5) is 0 Å². The van der Waals surface area contributed by atoms with E-state index in [0.29, 0.717) is 0 Å². The van der Waals surface area contributed by atoms with Crippen LogP contribution in [0, 0.1) is 11.8 Å². The number of carbonyl (C=O) groups is 2. The first-order valence-corrected chi connectivity index (χ1v) is 5.89. The number of amides is 1. The van der Waals surface area contributed by atoms with Gasteiger partial charge in [-0.2, -0.15) is 0 Å². The van der Waals surface area contributed by atoms with E-state index in [9.17, 15) is 9.59 Å². The van der Waals surface area contributed by atoms with Gasteiger partial charge in [0, 0.05) is 18.9 Å². The molecule has 98 valence electrons. The molecule has 0 aliphatic carbocycles. The van der Waals surface area contributed by atoms with Crippen LogP contribution in [0.3, 0.4) is 0 Å². The molecule has 1 rings (SSSR count). The van der Waals surface area contributed by atoms with Crippen LogP contribution in [0.15, 0.2) is 24.5 Å². The highest BCUT2D eigenvalue weighted by Gasteiger charge is 2.21. The van der Waals surface area contributed by atoms with Crippen LogP contribution in [0.5, 0.6) is 0 Å². The lowest BCUT2D eigenvalue weighted by Crippen LogP contribution is -2.36. The molecule has 5 nitrogen and oxygen atoms in total. The van der Waals surface area contributed by atoms with Crippen molar-refractivity contribution in [3.63, 3.8) is 0 Å². The van der Waals surface area contributed by atoms with Crippen LogP contribution in [0.1, 0.15) is 19.4 Å². The van der Waals surface area contributed by atoms with Gasteiger partial charge in [0.05, 0.1) is 12.3 Å². The van der Waals surface area contributed by atoms with Gasteiger partial charge in [-0.1, -0.05) is 13.8 Å². The predicted molar refractivity (Wildman–Crippen MR) is 66.9 cm³/mol. The third-order valence-corrected chi connectivity index (χ3v) is 2.76. The molecular weight excluding hydrogens is 232 g/mol. The van der Waals surface area contributed by atoms with Crippen LogP contribution in [0.25, 0.3) is 0 Å². The number of nitrogens with zero attached hydrogens (tertiary/aromatic N) is 1. The van der Waals surface area contributed by atoms with E-state index in [1.165, 1.54) is 0 Å². The van der Waals surface area contributed by atoms with E-state index in [0.717, 1.165) is 5.56 Å². The zero-order chi connectivity index (χ0) is 13.5. The number of aromatic nitrogens is 1. The van der Waals surface area contributed by atoms with Crippen molar-refractivity contribution in [2.45, 2.75) is 20.3 Å². The third-order valence-electron chi connectivity index (χ3n) is 2.76. The minimum atomic E-state index is -0.880.